The van der Waals surface area contributed by atoms with E-state index >= 15 is 0 Å². The van der Waals surface area contributed by atoms with E-state index in [4.69, 9.17) is 10.5 Å². The van der Waals surface area contributed by atoms with Gasteiger partial charge in [0.25, 0.3) is 0 Å². The Morgan fingerprint density at radius 3 is 2.71 bits per heavy atom. The van der Waals surface area contributed by atoms with Crippen LogP contribution in [-0.4, -0.2) is 10.1 Å². The summed E-state index contributed by atoms with van der Waals surface area (Å²) >= 11 is 0. The van der Waals surface area contributed by atoms with Gasteiger partial charge in [-0.15, -0.1) is 0 Å². The van der Waals surface area contributed by atoms with Crippen molar-refractivity contribution in [2.45, 2.75) is 13.2 Å². The Hall–Kier alpha value is -1.91. The summed E-state index contributed by atoms with van der Waals surface area (Å²) in [5.74, 6) is 1.09. The van der Waals surface area contributed by atoms with Gasteiger partial charge < -0.3 is 15.6 Å². The number of aliphatic hydroxyl groups excluding tert-OH is 1. The Kier molecular flexibility index (Phi) is 3.69. The van der Waals surface area contributed by atoms with Crippen molar-refractivity contribution in [1.82, 2.24) is 4.98 Å². The number of hydrogen-bond donors (Lipinski definition) is 2. The van der Waals surface area contributed by atoms with Gasteiger partial charge in [0.05, 0.1) is 12.3 Å². The second-order valence-corrected chi connectivity index (χ2v) is 3.54. The Bertz CT molecular complexity index is 500. The molecule has 0 aliphatic rings. The molecule has 0 atom stereocenters. The highest BCUT2D eigenvalue weighted by Gasteiger charge is 2.04. The molecule has 0 radical (unpaired) electrons. The minimum absolute atomic E-state index is 0.0627. The predicted molar refractivity (Wildman–Crippen MR) is 64.6 cm³/mol. The number of benzene rings is 1. The molecule has 0 unspecified atom stereocenters. The molecule has 4 heteroatoms. The van der Waals surface area contributed by atoms with Crippen LogP contribution in [0.3, 0.4) is 0 Å². The number of rotatable bonds is 4. The fraction of sp³-hybridized carbons (Fsp3) is 0.154. The summed E-state index contributed by atoms with van der Waals surface area (Å²) in [6.07, 6.45) is 0. The Labute approximate surface area is 99.7 Å². The van der Waals surface area contributed by atoms with E-state index < -0.39 is 0 Å². The minimum atomic E-state index is -0.0627. The number of nitrogens with two attached hydrogens (primary N) is 1. The maximum absolute atomic E-state index is 9.18. The Morgan fingerprint density at radius 1 is 1.12 bits per heavy atom. The first-order valence-electron chi connectivity index (χ1n) is 5.36. The fourth-order valence-corrected chi connectivity index (χ4v) is 1.47. The average molecular weight is 230 g/mol. The zero-order valence-electron chi connectivity index (χ0n) is 9.34. The van der Waals surface area contributed by atoms with Gasteiger partial charge in [0.15, 0.2) is 0 Å². The molecule has 0 saturated heterocycles. The van der Waals surface area contributed by atoms with Crippen molar-refractivity contribution in [1.29, 1.82) is 0 Å². The molecule has 1 aromatic heterocycles. The molecule has 3 N–H and O–H groups in total. The van der Waals surface area contributed by atoms with E-state index in [0.717, 1.165) is 11.3 Å². The number of pyridine rings is 1. The molecule has 88 valence electrons. The molecule has 4 nitrogen and oxygen atoms in total. The van der Waals surface area contributed by atoms with Gasteiger partial charge in [0.2, 0.25) is 5.88 Å². The molecule has 2 aromatic rings. The zero-order valence-corrected chi connectivity index (χ0v) is 9.34. The maximum atomic E-state index is 9.18. The first kappa shape index (κ1) is 11.6. The molecule has 0 aliphatic carbocycles. The maximum Gasteiger partial charge on any atom is 0.219 e. The van der Waals surface area contributed by atoms with E-state index in [2.05, 4.69) is 4.98 Å². The standard InChI is InChI=1S/C13H14N2O2/c14-8-11-5-3-7-13(15-11)17-12-6-2-1-4-10(12)9-16/h1-7,16H,8-9,14H2. The second kappa shape index (κ2) is 5.43. The molecule has 0 bridgehead atoms. The van der Waals surface area contributed by atoms with E-state index in [0.29, 0.717) is 18.2 Å². The summed E-state index contributed by atoms with van der Waals surface area (Å²) in [6.45, 7) is 0.311. The molecule has 0 saturated carbocycles. The summed E-state index contributed by atoms with van der Waals surface area (Å²) in [6, 6.07) is 12.7. The lowest BCUT2D eigenvalue weighted by atomic mass is 10.2. The second-order valence-electron chi connectivity index (χ2n) is 3.54. The number of nitrogens with zero attached hydrogens (tertiary/aromatic N) is 1. The average Bonchev–Trinajstić information content (AvgIpc) is 2.39. The first-order valence-corrected chi connectivity index (χ1v) is 5.36. The Morgan fingerprint density at radius 2 is 1.94 bits per heavy atom. The van der Waals surface area contributed by atoms with Gasteiger partial charge in [-0.05, 0) is 12.1 Å². The topological polar surface area (TPSA) is 68.4 Å². The number of para-hydroxylation sites is 1. The third kappa shape index (κ3) is 2.81. The van der Waals surface area contributed by atoms with Crippen LogP contribution in [0.5, 0.6) is 11.6 Å². The SMILES string of the molecule is NCc1cccc(Oc2ccccc2CO)n1. The predicted octanol–water partition coefficient (Wildman–Crippen LogP) is 1.82. The highest BCUT2D eigenvalue weighted by Crippen LogP contribution is 2.23. The van der Waals surface area contributed by atoms with E-state index in [1.54, 1.807) is 12.1 Å². The van der Waals surface area contributed by atoms with Crippen molar-refractivity contribution in [3.8, 4) is 11.6 Å². The van der Waals surface area contributed by atoms with Gasteiger partial charge >= 0.3 is 0 Å². The quantitative estimate of drug-likeness (QED) is 0.840. The number of aromatic nitrogens is 1. The third-order valence-electron chi connectivity index (χ3n) is 2.35. The van der Waals surface area contributed by atoms with Crippen molar-refractivity contribution in [3.05, 3.63) is 53.7 Å². The van der Waals surface area contributed by atoms with E-state index in [1.165, 1.54) is 0 Å². The normalized spacial score (nSPS) is 10.2. The van der Waals surface area contributed by atoms with Gasteiger partial charge in [-0.25, -0.2) is 4.98 Å². The van der Waals surface area contributed by atoms with Crippen LogP contribution < -0.4 is 10.5 Å². The van der Waals surface area contributed by atoms with Crippen LogP contribution in [0.25, 0.3) is 0 Å². The summed E-state index contributed by atoms with van der Waals surface area (Å²) in [5.41, 5.74) is 7.01. The lowest BCUT2D eigenvalue weighted by Gasteiger charge is -2.09. The van der Waals surface area contributed by atoms with Crippen LogP contribution in [0.15, 0.2) is 42.5 Å². The molecular formula is C13H14N2O2. The van der Waals surface area contributed by atoms with E-state index in [1.807, 2.05) is 30.3 Å². The summed E-state index contributed by atoms with van der Waals surface area (Å²) < 4.78 is 5.62. The van der Waals surface area contributed by atoms with Crippen molar-refractivity contribution >= 4 is 0 Å². The van der Waals surface area contributed by atoms with Gasteiger partial charge in [-0.2, -0.15) is 0 Å². The van der Waals surface area contributed by atoms with Gasteiger partial charge in [0.1, 0.15) is 5.75 Å². The molecule has 2 rings (SSSR count). The van der Waals surface area contributed by atoms with Crippen molar-refractivity contribution < 1.29 is 9.84 Å². The monoisotopic (exact) mass is 230 g/mol. The molecule has 0 amide bonds. The lowest BCUT2D eigenvalue weighted by molar-refractivity contribution is 0.276. The molecule has 17 heavy (non-hydrogen) atoms. The largest absolute Gasteiger partial charge is 0.439 e. The van der Waals surface area contributed by atoms with Crippen LogP contribution in [0.1, 0.15) is 11.3 Å². The molecule has 0 spiro atoms. The van der Waals surface area contributed by atoms with Crippen LogP contribution in [0, 0.1) is 0 Å². The highest BCUT2D eigenvalue weighted by atomic mass is 16.5. The molecular weight excluding hydrogens is 216 g/mol. The smallest absolute Gasteiger partial charge is 0.219 e. The molecule has 1 heterocycles. The van der Waals surface area contributed by atoms with Gasteiger partial charge in [0, 0.05) is 18.2 Å². The van der Waals surface area contributed by atoms with Crippen molar-refractivity contribution in [3.63, 3.8) is 0 Å². The minimum Gasteiger partial charge on any atom is -0.439 e. The molecule has 0 fully saturated rings. The van der Waals surface area contributed by atoms with E-state index in [-0.39, 0.29) is 6.61 Å². The fourth-order valence-electron chi connectivity index (χ4n) is 1.47. The van der Waals surface area contributed by atoms with Crippen molar-refractivity contribution in [2.75, 3.05) is 0 Å². The van der Waals surface area contributed by atoms with Crippen molar-refractivity contribution in [2.24, 2.45) is 5.73 Å². The number of ether oxygens (including phenoxy) is 1. The Balaban J connectivity index is 2.24. The van der Waals surface area contributed by atoms with Gasteiger partial charge in [-0.3, -0.25) is 0 Å². The lowest BCUT2D eigenvalue weighted by Crippen LogP contribution is -2.00. The number of aliphatic hydroxyl groups is 1. The van der Waals surface area contributed by atoms with Crippen LogP contribution >= 0.6 is 0 Å². The van der Waals surface area contributed by atoms with E-state index in [9.17, 15) is 5.11 Å². The summed E-state index contributed by atoms with van der Waals surface area (Å²) in [7, 11) is 0. The first-order chi connectivity index (χ1) is 8.33. The molecule has 0 aliphatic heterocycles. The van der Waals surface area contributed by atoms with Crippen LogP contribution in [0.2, 0.25) is 0 Å². The number of hydrogen-bond acceptors (Lipinski definition) is 4. The van der Waals surface area contributed by atoms with Crippen LogP contribution in [0.4, 0.5) is 0 Å². The van der Waals surface area contributed by atoms with Gasteiger partial charge in [-0.1, -0.05) is 24.3 Å². The van der Waals surface area contributed by atoms with Crippen LogP contribution in [-0.2, 0) is 13.2 Å². The highest BCUT2D eigenvalue weighted by molar-refractivity contribution is 5.35. The zero-order chi connectivity index (χ0) is 12.1. The summed E-state index contributed by atoms with van der Waals surface area (Å²) in [4.78, 5) is 4.23. The molecule has 1 aromatic carbocycles. The summed E-state index contributed by atoms with van der Waals surface area (Å²) in [5, 5.41) is 9.18. The third-order valence-corrected chi connectivity index (χ3v) is 2.35.